The molecule has 0 saturated heterocycles. The van der Waals surface area contributed by atoms with E-state index in [1.165, 1.54) is 62.2 Å². The Hall–Kier alpha value is 1.00. The average molecular weight is 381 g/mol. The van der Waals surface area contributed by atoms with Gasteiger partial charge in [-0.15, -0.1) is 9.24 Å². The molecule has 1 atom stereocenters. The molecule has 17 heavy (non-hydrogen) atoms. The normalized spacial score (nSPS) is 10.0. The molecular formula is C15H25NdP. The molecule has 0 bridgehead atoms. The van der Waals surface area contributed by atoms with Gasteiger partial charge in [-0.3, -0.25) is 0 Å². The van der Waals surface area contributed by atoms with E-state index in [-0.39, 0.29) is 40.8 Å². The smallest absolute Gasteiger partial charge is 0 e. The Morgan fingerprint density at radius 1 is 0.824 bits per heavy atom. The van der Waals surface area contributed by atoms with Crippen LogP contribution in [-0.4, -0.2) is 0 Å². The molecule has 0 aliphatic heterocycles. The maximum atomic E-state index is 2.73. The van der Waals surface area contributed by atoms with Crippen molar-refractivity contribution in [3.05, 3.63) is 29.8 Å². The van der Waals surface area contributed by atoms with Gasteiger partial charge in [0, 0.05) is 40.8 Å². The van der Waals surface area contributed by atoms with Gasteiger partial charge in [0.2, 0.25) is 0 Å². The fourth-order valence-corrected chi connectivity index (χ4v) is 2.16. The van der Waals surface area contributed by atoms with Crippen LogP contribution in [-0.2, 0) is 6.42 Å². The van der Waals surface area contributed by atoms with E-state index in [0.29, 0.717) is 0 Å². The number of unbranched alkanes of at least 4 members (excludes halogenated alkanes) is 6. The van der Waals surface area contributed by atoms with Crippen LogP contribution in [0.15, 0.2) is 24.3 Å². The van der Waals surface area contributed by atoms with Crippen molar-refractivity contribution in [1.29, 1.82) is 0 Å². The Morgan fingerprint density at radius 2 is 1.35 bits per heavy atom. The fourth-order valence-electron chi connectivity index (χ4n) is 1.97. The Kier molecular flexibility index (Phi) is 12.8. The van der Waals surface area contributed by atoms with Crippen molar-refractivity contribution in [2.45, 2.75) is 58.3 Å². The molecule has 0 radical (unpaired) electrons. The van der Waals surface area contributed by atoms with Gasteiger partial charge in [0.25, 0.3) is 0 Å². The van der Waals surface area contributed by atoms with Gasteiger partial charge in [-0.1, -0.05) is 69.7 Å². The molecule has 1 unspecified atom stereocenters. The molecule has 0 aromatic heterocycles. The molecule has 0 aliphatic rings. The summed E-state index contributed by atoms with van der Waals surface area (Å²) in [6.07, 6.45) is 11.0. The van der Waals surface area contributed by atoms with Gasteiger partial charge in [-0.2, -0.15) is 0 Å². The molecule has 0 aliphatic carbocycles. The van der Waals surface area contributed by atoms with Crippen LogP contribution in [0, 0.1) is 40.8 Å². The minimum atomic E-state index is 0. The van der Waals surface area contributed by atoms with Gasteiger partial charge in [-0.25, -0.2) is 0 Å². The van der Waals surface area contributed by atoms with E-state index in [1.807, 2.05) is 0 Å². The Balaban J connectivity index is 0.00000256. The summed E-state index contributed by atoms with van der Waals surface area (Å²) >= 11 is 0. The zero-order valence-electron chi connectivity index (χ0n) is 11.0. The van der Waals surface area contributed by atoms with Crippen LogP contribution < -0.4 is 5.30 Å². The summed E-state index contributed by atoms with van der Waals surface area (Å²) in [6.45, 7) is 2.27. The number of aryl methyl sites for hydroxylation is 1. The van der Waals surface area contributed by atoms with Gasteiger partial charge < -0.3 is 0 Å². The zero-order chi connectivity index (χ0) is 11.6. The average Bonchev–Trinajstić information content (AvgIpc) is 2.30. The summed E-state index contributed by atoms with van der Waals surface area (Å²) in [4.78, 5) is 0. The molecule has 2 heteroatoms. The number of hydrogen-bond donors (Lipinski definition) is 0. The van der Waals surface area contributed by atoms with Crippen molar-refractivity contribution < 1.29 is 40.8 Å². The van der Waals surface area contributed by atoms with Crippen LogP contribution in [0.25, 0.3) is 0 Å². The largest absolute Gasteiger partial charge is 0.106 e. The van der Waals surface area contributed by atoms with Gasteiger partial charge in [0.15, 0.2) is 0 Å². The minimum Gasteiger partial charge on any atom is -0.106 e. The van der Waals surface area contributed by atoms with Crippen molar-refractivity contribution in [1.82, 2.24) is 0 Å². The topological polar surface area (TPSA) is 0 Å². The molecular weight excluding hydrogens is 355 g/mol. The molecule has 0 nitrogen and oxygen atoms in total. The predicted octanol–water partition coefficient (Wildman–Crippen LogP) is 4.48. The summed E-state index contributed by atoms with van der Waals surface area (Å²) in [5.41, 5.74) is 1.49. The fraction of sp³-hybridized carbons (Fsp3) is 0.600. The van der Waals surface area contributed by atoms with Crippen LogP contribution in [0.4, 0.5) is 0 Å². The van der Waals surface area contributed by atoms with Crippen LogP contribution in [0.3, 0.4) is 0 Å². The summed E-state index contributed by atoms with van der Waals surface area (Å²) in [7, 11) is 2.73. The quantitative estimate of drug-likeness (QED) is 0.461. The third-order valence-electron chi connectivity index (χ3n) is 3.05. The molecule has 0 saturated carbocycles. The first-order valence-corrected chi connectivity index (χ1v) is 7.25. The summed E-state index contributed by atoms with van der Waals surface area (Å²) in [5.74, 6) is 0. The first kappa shape index (κ1) is 18.0. The van der Waals surface area contributed by atoms with E-state index in [0.717, 1.165) is 0 Å². The number of rotatable bonds is 8. The molecule has 0 amide bonds. The van der Waals surface area contributed by atoms with E-state index < -0.39 is 0 Å². The van der Waals surface area contributed by atoms with Crippen molar-refractivity contribution in [2.75, 3.05) is 0 Å². The molecule has 1 aromatic rings. The van der Waals surface area contributed by atoms with E-state index >= 15 is 0 Å². The second-order valence-electron chi connectivity index (χ2n) is 4.61. The molecule has 0 heterocycles. The summed E-state index contributed by atoms with van der Waals surface area (Å²) < 4.78 is 0. The summed E-state index contributed by atoms with van der Waals surface area (Å²) in [5, 5.41) is 1.28. The Bertz CT molecular complexity index is 269. The first-order chi connectivity index (χ1) is 7.83. The van der Waals surface area contributed by atoms with Crippen LogP contribution in [0.2, 0.25) is 0 Å². The van der Waals surface area contributed by atoms with Gasteiger partial charge in [0.05, 0.1) is 0 Å². The van der Waals surface area contributed by atoms with E-state index in [2.05, 4.69) is 40.4 Å². The Morgan fingerprint density at radius 3 is 1.94 bits per heavy atom. The van der Waals surface area contributed by atoms with Crippen LogP contribution in [0.5, 0.6) is 0 Å². The Labute approximate surface area is 142 Å². The minimum absolute atomic E-state index is 0. The maximum absolute atomic E-state index is 2.73. The van der Waals surface area contributed by atoms with Gasteiger partial charge in [-0.05, 0) is 23.7 Å². The van der Waals surface area contributed by atoms with E-state index in [4.69, 9.17) is 0 Å². The van der Waals surface area contributed by atoms with Gasteiger partial charge >= 0.3 is 0 Å². The summed E-state index contributed by atoms with van der Waals surface area (Å²) in [6, 6.07) is 8.86. The monoisotopic (exact) mass is 378 g/mol. The van der Waals surface area contributed by atoms with Crippen LogP contribution >= 0.6 is 9.24 Å². The molecule has 0 fully saturated rings. The number of benzene rings is 1. The molecule has 1 aromatic carbocycles. The number of hydrogen-bond acceptors (Lipinski definition) is 0. The predicted molar refractivity (Wildman–Crippen MR) is 77.5 cm³/mol. The molecule has 94 valence electrons. The van der Waals surface area contributed by atoms with E-state index in [1.54, 1.807) is 0 Å². The van der Waals surface area contributed by atoms with Crippen molar-refractivity contribution >= 4 is 14.5 Å². The van der Waals surface area contributed by atoms with Gasteiger partial charge in [0.1, 0.15) is 0 Å². The third-order valence-corrected chi connectivity index (χ3v) is 3.43. The van der Waals surface area contributed by atoms with Crippen molar-refractivity contribution in [2.24, 2.45) is 0 Å². The van der Waals surface area contributed by atoms with E-state index in [9.17, 15) is 0 Å². The zero-order valence-corrected chi connectivity index (χ0v) is 15.4. The molecule has 1 rings (SSSR count). The third kappa shape index (κ3) is 9.56. The SMILES string of the molecule is CCCCCCCCCc1ccc(P)cc1.[Nd]. The maximum Gasteiger partial charge on any atom is 0 e. The molecule has 0 spiro atoms. The van der Waals surface area contributed by atoms with Crippen molar-refractivity contribution in [3.8, 4) is 0 Å². The second kappa shape index (κ2) is 12.1. The first-order valence-electron chi connectivity index (χ1n) is 6.67. The van der Waals surface area contributed by atoms with Crippen molar-refractivity contribution in [3.63, 3.8) is 0 Å². The second-order valence-corrected chi connectivity index (χ2v) is 5.28. The standard InChI is InChI=1S/C15H25P.Nd/c1-2-3-4-5-6-7-8-9-14-10-12-15(16)13-11-14;/h10-13H,2-9,16H2,1H3;. The molecule has 0 N–H and O–H groups in total. The van der Waals surface area contributed by atoms with Crippen LogP contribution in [0.1, 0.15) is 57.4 Å².